The molecule has 1 aromatic heterocycles. The number of furan rings is 1. The van der Waals surface area contributed by atoms with E-state index >= 15 is 0 Å². The number of hydrogen-bond donors (Lipinski definition) is 0. The highest BCUT2D eigenvalue weighted by Gasteiger charge is 2.27. The first kappa shape index (κ1) is 22.8. The van der Waals surface area contributed by atoms with Gasteiger partial charge < -0.3 is 23.4 Å². The molecule has 31 heavy (non-hydrogen) atoms. The number of halogens is 1. The number of ether oxygens (including phenoxy) is 4. The number of rotatable bonds is 9. The summed E-state index contributed by atoms with van der Waals surface area (Å²) in [5.74, 6) is -0.248. The van der Waals surface area contributed by atoms with Crippen LogP contribution in [-0.2, 0) is 19.0 Å². The van der Waals surface area contributed by atoms with Crippen LogP contribution in [0.25, 0.3) is 11.0 Å². The summed E-state index contributed by atoms with van der Waals surface area (Å²) in [5.41, 5.74) is 1.44. The van der Waals surface area contributed by atoms with Crippen molar-refractivity contribution in [1.82, 2.24) is 0 Å². The Morgan fingerprint density at radius 2 is 1.84 bits per heavy atom. The Bertz CT molecular complexity index is 1060. The Morgan fingerprint density at radius 1 is 1.10 bits per heavy atom. The molecule has 0 saturated carbocycles. The van der Waals surface area contributed by atoms with Crippen LogP contribution in [-0.4, -0.2) is 38.9 Å². The summed E-state index contributed by atoms with van der Waals surface area (Å²) >= 11 is 3.46. The Labute approximate surface area is 188 Å². The molecule has 0 radical (unpaired) electrons. The highest BCUT2D eigenvalue weighted by Crippen LogP contribution is 2.37. The second-order valence-corrected chi connectivity index (χ2v) is 7.46. The molecule has 8 heteroatoms. The molecule has 0 aliphatic rings. The van der Waals surface area contributed by atoms with Crippen molar-refractivity contribution in [3.8, 4) is 5.75 Å². The van der Waals surface area contributed by atoms with Crippen LogP contribution in [0.4, 0.5) is 0 Å². The van der Waals surface area contributed by atoms with Gasteiger partial charge in [-0.3, -0.25) is 0 Å². The van der Waals surface area contributed by atoms with Crippen LogP contribution < -0.4 is 4.74 Å². The van der Waals surface area contributed by atoms with E-state index in [0.717, 1.165) is 0 Å². The van der Waals surface area contributed by atoms with Crippen LogP contribution in [0, 0.1) is 6.92 Å². The fourth-order valence-electron chi connectivity index (χ4n) is 3.08. The van der Waals surface area contributed by atoms with Gasteiger partial charge in [-0.15, -0.1) is 0 Å². The van der Waals surface area contributed by atoms with Gasteiger partial charge in [0.15, 0.2) is 0 Å². The number of carbonyl (C=O) groups excluding carboxylic acids is 2. The predicted octanol–water partition coefficient (Wildman–Crippen LogP) is 4.99. The van der Waals surface area contributed by atoms with Gasteiger partial charge in [-0.1, -0.05) is 30.3 Å². The Hall–Kier alpha value is -2.84. The normalized spacial score (nSPS) is 11.9. The highest BCUT2D eigenvalue weighted by molar-refractivity contribution is 9.10. The summed E-state index contributed by atoms with van der Waals surface area (Å²) in [5, 5.41) is 0.522. The minimum absolute atomic E-state index is 0.125. The second kappa shape index (κ2) is 10.5. The van der Waals surface area contributed by atoms with Gasteiger partial charge in [0.05, 0.1) is 17.7 Å². The van der Waals surface area contributed by atoms with Crippen LogP contribution in [0.5, 0.6) is 5.75 Å². The highest BCUT2D eigenvalue weighted by atomic mass is 79.9. The summed E-state index contributed by atoms with van der Waals surface area (Å²) in [6.07, 6.45) is -0.972. The molecule has 0 unspecified atom stereocenters. The maximum absolute atomic E-state index is 12.6. The number of aryl methyl sites for hydroxylation is 1. The molecule has 0 bridgehead atoms. The van der Waals surface area contributed by atoms with Gasteiger partial charge in [-0.2, -0.15) is 0 Å². The molecule has 1 heterocycles. The number of hydrogen-bond acceptors (Lipinski definition) is 7. The zero-order valence-electron chi connectivity index (χ0n) is 17.5. The van der Waals surface area contributed by atoms with Crippen molar-refractivity contribution in [1.29, 1.82) is 0 Å². The van der Waals surface area contributed by atoms with E-state index in [1.165, 1.54) is 7.11 Å². The first-order valence-electron chi connectivity index (χ1n) is 9.73. The summed E-state index contributed by atoms with van der Waals surface area (Å²) in [6, 6.07) is 12.4. The van der Waals surface area contributed by atoms with Crippen LogP contribution >= 0.6 is 15.9 Å². The summed E-state index contributed by atoms with van der Waals surface area (Å²) in [4.78, 5) is 25.2. The first-order valence-corrected chi connectivity index (χ1v) is 10.5. The molecule has 0 saturated heterocycles. The Kier molecular flexibility index (Phi) is 7.70. The van der Waals surface area contributed by atoms with Crippen molar-refractivity contribution in [3.63, 3.8) is 0 Å². The zero-order valence-corrected chi connectivity index (χ0v) is 19.1. The third-order valence-corrected chi connectivity index (χ3v) is 5.11. The van der Waals surface area contributed by atoms with Gasteiger partial charge in [0.1, 0.15) is 29.3 Å². The van der Waals surface area contributed by atoms with Crippen LogP contribution in [0.3, 0.4) is 0 Å². The molecule has 0 fully saturated rings. The van der Waals surface area contributed by atoms with Crippen molar-refractivity contribution in [2.75, 3.05) is 26.9 Å². The summed E-state index contributed by atoms with van der Waals surface area (Å²) in [6.45, 7) is 4.06. The van der Waals surface area contributed by atoms with E-state index in [2.05, 4.69) is 15.9 Å². The molecule has 3 rings (SSSR count). The van der Waals surface area contributed by atoms with Crippen LogP contribution in [0.1, 0.15) is 34.7 Å². The lowest BCUT2D eigenvalue weighted by Crippen LogP contribution is -2.21. The molecule has 1 atom stereocenters. The lowest BCUT2D eigenvalue weighted by atomic mass is 10.1. The van der Waals surface area contributed by atoms with E-state index in [1.54, 1.807) is 38.1 Å². The Balaban J connectivity index is 1.99. The van der Waals surface area contributed by atoms with Gasteiger partial charge >= 0.3 is 11.9 Å². The summed E-state index contributed by atoms with van der Waals surface area (Å²) in [7, 11) is 1.53. The fourth-order valence-corrected chi connectivity index (χ4v) is 3.50. The largest absolute Gasteiger partial charge is 0.473 e. The van der Waals surface area contributed by atoms with Crippen molar-refractivity contribution in [2.45, 2.75) is 20.0 Å². The zero-order chi connectivity index (χ0) is 22.4. The molecule has 7 nitrogen and oxygen atoms in total. The molecule has 0 aliphatic carbocycles. The fraction of sp³-hybridized carbons (Fsp3) is 0.304. The van der Waals surface area contributed by atoms with Crippen molar-refractivity contribution in [2.24, 2.45) is 0 Å². The number of fused-ring (bicyclic) bond motifs is 1. The number of esters is 2. The standard InChI is InChI=1S/C23H23BrO7/c1-4-28-23(26)21(15-8-6-5-7-9-15)31-19-12-16-18(13-17(19)24)30-14(2)20(16)22(25)29-11-10-27-3/h5-9,12-13,21H,4,10-11H2,1-3H3/t21-/m0/s1. The predicted molar refractivity (Wildman–Crippen MR) is 117 cm³/mol. The maximum Gasteiger partial charge on any atom is 0.352 e. The molecule has 0 N–H and O–H groups in total. The van der Waals surface area contributed by atoms with E-state index in [-0.39, 0.29) is 13.2 Å². The molecular weight excluding hydrogens is 468 g/mol. The number of methoxy groups -OCH3 is 1. The SMILES string of the molecule is CCOC(=O)[C@@H](Oc1cc2c(C(=O)OCCOC)c(C)oc2cc1Br)c1ccccc1. The van der Waals surface area contributed by atoms with E-state index in [0.29, 0.717) is 44.7 Å². The topological polar surface area (TPSA) is 84.2 Å². The molecule has 0 aliphatic heterocycles. The molecule has 0 spiro atoms. The third-order valence-electron chi connectivity index (χ3n) is 4.49. The molecular formula is C23H23BrO7. The van der Waals surface area contributed by atoms with Gasteiger partial charge in [0, 0.05) is 18.1 Å². The van der Waals surface area contributed by atoms with Gasteiger partial charge in [-0.05, 0) is 41.9 Å². The van der Waals surface area contributed by atoms with E-state index in [1.807, 2.05) is 18.2 Å². The average molecular weight is 491 g/mol. The van der Waals surface area contributed by atoms with Gasteiger partial charge in [0.2, 0.25) is 6.10 Å². The molecule has 3 aromatic rings. The third kappa shape index (κ3) is 5.26. The monoisotopic (exact) mass is 490 g/mol. The van der Waals surface area contributed by atoms with Crippen LogP contribution in [0.15, 0.2) is 51.4 Å². The van der Waals surface area contributed by atoms with Crippen molar-refractivity contribution in [3.05, 3.63) is 63.8 Å². The Morgan fingerprint density at radius 3 is 2.52 bits per heavy atom. The first-order chi connectivity index (χ1) is 15.0. The van der Waals surface area contributed by atoms with Gasteiger partial charge in [0.25, 0.3) is 0 Å². The molecule has 2 aromatic carbocycles. The summed E-state index contributed by atoms with van der Waals surface area (Å²) < 4.78 is 27.7. The quantitative estimate of drug-likeness (QED) is 0.308. The minimum Gasteiger partial charge on any atom is -0.473 e. The smallest absolute Gasteiger partial charge is 0.352 e. The van der Waals surface area contributed by atoms with E-state index in [4.69, 9.17) is 23.4 Å². The average Bonchev–Trinajstić information content (AvgIpc) is 3.07. The minimum atomic E-state index is -0.972. The maximum atomic E-state index is 12.6. The lowest BCUT2D eigenvalue weighted by molar-refractivity contribution is -0.151. The molecule has 164 valence electrons. The van der Waals surface area contributed by atoms with E-state index in [9.17, 15) is 9.59 Å². The van der Waals surface area contributed by atoms with Crippen LogP contribution in [0.2, 0.25) is 0 Å². The molecule has 0 amide bonds. The number of benzene rings is 2. The second-order valence-electron chi connectivity index (χ2n) is 6.60. The lowest BCUT2D eigenvalue weighted by Gasteiger charge is -2.19. The van der Waals surface area contributed by atoms with Crippen molar-refractivity contribution >= 4 is 38.8 Å². The van der Waals surface area contributed by atoms with E-state index < -0.39 is 18.0 Å². The van der Waals surface area contributed by atoms with Gasteiger partial charge in [-0.25, -0.2) is 9.59 Å². The van der Waals surface area contributed by atoms with Crippen molar-refractivity contribution < 1.29 is 33.0 Å². The number of carbonyl (C=O) groups is 2.